The second-order valence-corrected chi connectivity index (χ2v) is 10.9. The van der Waals surface area contributed by atoms with Gasteiger partial charge in [-0.2, -0.15) is 5.10 Å². The number of allylic oxidation sites excluding steroid dienone is 1. The second-order valence-electron chi connectivity index (χ2n) is 10.9. The van der Waals surface area contributed by atoms with E-state index in [1.54, 1.807) is 42.7 Å². The zero-order valence-electron chi connectivity index (χ0n) is 24.0. The fourth-order valence-electron chi connectivity index (χ4n) is 3.87. The van der Waals surface area contributed by atoms with Crippen molar-refractivity contribution >= 4 is 23.2 Å². The number of benzene rings is 1. The molecular formula is C32H37FN6O. The summed E-state index contributed by atoms with van der Waals surface area (Å²) in [5.41, 5.74) is 1.90. The Kier molecular flexibility index (Phi) is 9.43. The molecule has 0 fully saturated rings. The highest BCUT2D eigenvalue weighted by Crippen LogP contribution is 2.24. The maximum atomic E-state index is 14.8. The number of amides is 1. The fourth-order valence-corrected chi connectivity index (χ4v) is 3.87. The van der Waals surface area contributed by atoms with Gasteiger partial charge in [-0.3, -0.25) is 9.78 Å². The summed E-state index contributed by atoms with van der Waals surface area (Å²) in [5, 5.41) is 10.9. The fraction of sp³-hybridized carbons (Fsp3) is 0.312. The van der Waals surface area contributed by atoms with Gasteiger partial charge in [0.15, 0.2) is 0 Å². The number of amidine groups is 1. The average Bonchev–Trinajstić information content (AvgIpc) is 3.34. The average molecular weight is 541 g/mol. The molecule has 0 saturated heterocycles. The lowest BCUT2D eigenvalue weighted by atomic mass is 9.89. The normalized spacial score (nSPS) is 12.3. The topological polar surface area (TPSA) is 84.2 Å². The van der Waals surface area contributed by atoms with Crippen molar-refractivity contribution < 1.29 is 9.18 Å². The summed E-state index contributed by atoms with van der Waals surface area (Å²) in [6.45, 7) is 15.6. The van der Waals surface area contributed by atoms with Gasteiger partial charge in [0.05, 0.1) is 22.3 Å². The summed E-state index contributed by atoms with van der Waals surface area (Å²) in [5.74, 6) is 3.37. The van der Waals surface area contributed by atoms with Crippen molar-refractivity contribution in [2.24, 2.45) is 4.99 Å². The Morgan fingerprint density at radius 1 is 1.15 bits per heavy atom. The number of hydrogen-bond acceptors (Lipinski definition) is 4. The van der Waals surface area contributed by atoms with Crippen LogP contribution in [0.1, 0.15) is 68.9 Å². The zero-order valence-corrected chi connectivity index (χ0v) is 24.0. The third kappa shape index (κ3) is 7.54. The summed E-state index contributed by atoms with van der Waals surface area (Å²) >= 11 is 0. The molecule has 1 amide bonds. The summed E-state index contributed by atoms with van der Waals surface area (Å²) in [6.07, 6.45) is 13.2. The summed E-state index contributed by atoms with van der Waals surface area (Å²) in [4.78, 5) is 21.6. The number of terminal acetylenes is 1. The van der Waals surface area contributed by atoms with Crippen LogP contribution in [0.4, 0.5) is 15.9 Å². The van der Waals surface area contributed by atoms with Crippen LogP contribution in [0.5, 0.6) is 0 Å². The van der Waals surface area contributed by atoms with Crippen molar-refractivity contribution in [3.8, 4) is 12.3 Å². The maximum absolute atomic E-state index is 14.8. The van der Waals surface area contributed by atoms with Gasteiger partial charge >= 0.3 is 0 Å². The van der Waals surface area contributed by atoms with E-state index in [1.807, 2.05) is 37.6 Å². The van der Waals surface area contributed by atoms with Crippen LogP contribution < -0.4 is 10.6 Å². The molecule has 208 valence electrons. The minimum atomic E-state index is -0.610. The molecule has 2 N–H and O–H groups in total. The molecule has 1 aromatic carbocycles. The molecule has 3 rings (SSSR count). The van der Waals surface area contributed by atoms with E-state index in [0.717, 1.165) is 11.5 Å². The van der Waals surface area contributed by atoms with Crippen molar-refractivity contribution in [3.05, 3.63) is 95.9 Å². The number of nitrogens with zero attached hydrogens (tertiary/aromatic N) is 4. The summed E-state index contributed by atoms with van der Waals surface area (Å²) in [6, 6.07) is 9.79. The number of halogens is 1. The predicted octanol–water partition coefficient (Wildman–Crippen LogP) is 6.65. The van der Waals surface area contributed by atoms with Crippen LogP contribution in [0.3, 0.4) is 0 Å². The van der Waals surface area contributed by atoms with Gasteiger partial charge in [-0.05, 0) is 96.4 Å². The number of rotatable bonds is 9. The van der Waals surface area contributed by atoms with Crippen LogP contribution in [0, 0.1) is 18.2 Å². The standard InChI is InChI=1S/C32H37FN6O/c1-9-17-35-28(10-2)37-29-21-25(38-39(29)31(4,5)6)13-12-22-19-24(14-15-26(22)33)36-30(40)23-16-18-34-27(20-23)32(7,8)11-3/h3,9-10,14-21H,2,12-13H2,1,4-8H3,(H,35,37)(H,36,40)/b17-9-. The number of nitrogens with one attached hydrogen (secondary N) is 2. The largest absolute Gasteiger partial charge is 0.325 e. The molecule has 0 unspecified atom stereocenters. The Hall–Kier alpha value is -4.51. The first kappa shape index (κ1) is 30.0. The monoisotopic (exact) mass is 540 g/mol. The molecule has 0 saturated carbocycles. The van der Waals surface area contributed by atoms with Crippen molar-refractivity contribution in [2.45, 2.75) is 65.3 Å². The molecule has 0 spiro atoms. The molecule has 0 aliphatic rings. The first-order valence-corrected chi connectivity index (χ1v) is 13.1. The molecule has 40 heavy (non-hydrogen) atoms. The molecule has 7 nitrogen and oxygen atoms in total. The molecule has 2 heterocycles. The molecule has 0 atom stereocenters. The number of anilines is 2. The smallest absolute Gasteiger partial charge is 0.255 e. The molecular weight excluding hydrogens is 503 g/mol. The van der Waals surface area contributed by atoms with E-state index in [1.165, 1.54) is 6.07 Å². The Labute approximate surface area is 236 Å². The zero-order chi connectivity index (χ0) is 29.5. The molecule has 3 aromatic rings. The molecule has 2 aromatic heterocycles. The second kappa shape index (κ2) is 12.6. The minimum absolute atomic E-state index is 0.300. The van der Waals surface area contributed by atoms with Gasteiger partial charge in [-0.15, -0.1) is 6.42 Å². The lowest BCUT2D eigenvalue weighted by Gasteiger charge is -2.22. The van der Waals surface area contributed by atoms with Gasteiger partial charge in [0.1, 0.15) is 17.5 Å². The number of aromatic nitrogens is 3. The van der Waals surface area contributed by atoms with Crippen LogP contribution >= 0.6 is 0 Å². The Bertz CT molecular complexity index is 1480. The number of pyridine rings is 1. The molecule has 8 heteroatoms. The third-order valence-electron chi connectivity index (χ3n) is 6.18. The highest BCUT2D eigenvalue weighted by atomic mass is 19.1. The van der Waals surface area contributed by atoms with Crippen LogP contribution in [-0.2, 0) is 23.8 Å². The maximum Gasteiger partial charge on any atom is 0.255 e. The van der Waals surface area contributed by atoms with E-state index in [-0.39, 0.29) is 17.3 Å². The number of carbonyl (C=O) groups is 1. The van der Waals surface area contributed by atoms with E-state index < -0.39 is 5.41 Å². The first-order chi connectivity index (χ1) is 18.9. The highest BCUT2D eigenvalue weighted by molar-refractivity contribution is 6.04. The van der Waals surface area contributed by atoms with Crippen molar-refractivity contribution in [3.63, 3.8) is 0 Å². The van der Waals surface area contributed by atoms with Gasteiger partial charge < -0.3 is 10.6 Å². The van der Waals surface area contributed by atoms with Crippen molar-refractivity contribution in [1.29, 1.82) is 0 Å². The van der Waals surface area contributed by atoms with Crippen LogP contribution in [0.2, 0.25) is 0 Å². The Morgan fingerprint density at radius 3 is 2.55 bits per heavy atom. The number of aryl methyl sites for hydroxylation is 2. The Balaban J connectivity index is 1.78. The highest BCUT2D eigenvalue weighted by Gasteiger charge is 2.22. The van der Waals surface area contributed by atoms with E-state index in [9.17, 15) is 9.18 Å². The minimum Gasteiger partial charge on any atom is -0.325 e. The van der Waals surface area contributed by atoms with Gasteiger partial charge in [0.25, 0.3) is 5.91 Å². The molecule has 0 aliphatic carbocycles. The summed E-state index contributed by atoms with van der Waals surface area (Å²) in [7, 11) is 0. The molecule has 0 aliphatic heterocycles. The van der Waals surface area contributed by atoms with E-state index >= 15 is 0 Å². The van der Waals surface area contributed by atoms with Crippen molar-refractivity contribution in [1.82, 2.24) is 14.8 Å². The van der Waals surface area contributed by atoms with Gasteiger partial charge in [0, 0.05) is 29.7 Å². The van der Waals surface area contributed by atoms with Crippen molar-refractivity contribution in [2.75, 3.05) is 10.6 Å². The lowest BCUT2D eigenvalue weighted by molar-refractivity contribution is 0.102. The number of hydrogen-bond donors (Lipinski definition) is 2. The van der Waals surface area contributed by atoms with E-state index in [2.05, 4.69) is 53.9 Å². The lowest BCUT2D eigenvalue weighted by Crippen LogP contribution is -2.26. The quantitative estimate of drug-likeness (QED) is 0.181. The van der Waals surface area contributed by atoms with E-state index in [4.69, 9.17) is 11.5 Å². The molecule has 0 radical (unpaired) electrons. The van der Waals surface area contributed by atoms with Crippen LogP contribution in [0.15, 0.2) is 72.5 Å². The Morgan fingerprint density at radius 2 is 1.90 bits per heavy atom. The molecule has 0 bridgehead atoms. The van der Waals surface area contributed by atoms with Gasteiger partial charge in [0.2, 0.25) is 0 Å². The summed E-state index contributed by atoms with van der Waals surface area (Å²) < 4.78 is 16.6. The SMILES string of the molecule is C#CC(C)(C)c1cc(C(=O)Nc2ccc(F)c(CCc3cc(NC(C=C)=N/C=C\C)n(C(C)(C)C)n3)c2)ccn1. The van der Waals surface area contributed by atoms with Gasteiger partial charge in [-0.25, -0.2) is 14.1 Å². The number of aliphatic imine (C=N–C) groups is 1. The number of carbonyl (C=O) groups excluding carboxylic acids is 1. The van der Waals surface area contributed by atoms with Crippen LogP contribution in [-0.4, -0.2) is 26.5 Å². The predicted molar refractivity (Wildman–Crippen MR) is 161 cm³/mol. The van der Waals surface area contributed by atoms with Gasteiger partial charge in [-0.1, -0.05) is 18.6 Å². The van der Waals surface area contributed by atoms with Crippen LogP contribution in [0.25, 0.3) is 0 Å². The first-order valence-electron chi connectivity index (χ1n) is 13.1. The third-order valence-corrected chi connectivity index (χ3v) is 6.18. The van der Waals surface area contributed by atoms with E-state index in [0.29, 0.717) is 41.2 Å².